The van der Waals surface area contributed by atoms with E-state index in [1.807, 2.05) is 0 Å². The van der Waals surface area contributed by atoms with Gasteiger partial charge in [0.1, 0.15) is 12.7 Å². The minimum absolute atomic E-state index is 0.140. The van der Waals surface area contributed by atoms with Crippen molar-refractivity contribution < 1.29 is 52.2 Å². The number of unbranched alkanes of at least 4 members (excludes halogenated alkanes) is 22. The van der Waals surface area contributed by atoms with Gasteiger partial charge in [-0.25, -0.2) is 4.57 Å². The summed E-state index contributed by atoms with van der Waals surface area (Å²) in [5, 5.41) is 9.79. The molecule has 0 aliphatic carbocycles. The maximum atomic E-state index is 12.9. The number of carbonyl (C=O) groups excluding carboxylic acids is 3. The Kier molecular flexibility index (Phi) is 50.0. The van der Waals surface area contributed by atoms with Crippen molar-refractivity contribution in [2.45, 2.75) is 251 Å². The third kappa shape index (κ3) is 49.9. The Hall–Kier alpha value is -3.08. The van der Waals surface area contributed by atoms with Gasteiger partial charge in [-0.05, 0) is 83.5 Å². The highest BCUT2D eigenvalue weighted by Gasteiger charge is 2.28. The number of phosphoric ester groups is 1. The first kappa shape index (κ1) is 66.9. The lowest BCUT2D eigenvalue weighted by atomic mass is 10.0. The molecule has 404 valence electrons. The van der Waals surface area contributed by atoms with Gasteiger partial charge in [-0.1, -0.05) is 209 Å². The minimum atomic E-state index is -4.76. The molecule has 3 atom stereocenters. The Labute approximate surface area is 427 Å². The van der Waals surface area contributed by atoms with E-state index in [9.17, 15) is 28.9 Å². The summed E-state index contributed by atoms with van der Waals surface area (Å²) in [4.78, 5) is 48.4. The fourth-order valence-corrected chi connectivity index (χ4v) is 8.23. The highest BCUT2D eigenvalue weighted by Crippen LogP contribution is 2.43. The molecular formula is C58H101O11P. The van der Waals surface area contributed by atoms with Gasteiger partial charge in [0.2, 0.25) is 0 Å². The van der Waals surface area contributed by atoms with Crippen LogP contribution in [0.25, 0.3) is 0 Å². The Balaban J connectivity index is 4.77. The number of aliphatic hydroxyl groups is 1. The fourth-order valence-electron chi connectivity index (χ4n) is 7.44. The second-order valence-corrected chi connectivity index (χ2v) is 19.8. The van der Waals surface area contributed by atoms with Gasteiger partial charge in [0.15, 0.2) is 6.10 Å². The van der Waals surface area contributed by atoms with Gasteiger partial charge in [0, 0.05) is 19.3 Å². The van der Waals surface area contributed by atoms with Crippen molar-refractivity contribution in [2.24, 2.45) is 0 Å². The molecule has 0 spiro atoms. The number of esters is 3. The number of ether oxygens (including phenoxy) is 3. The van der Waals surface area contributed by atoms with E-state index in [4.69, 9.17) is 23.3 Å². The van der Waals surface area contributed by atoms with E-state index in [1.54, 1.807) is 0 Å². The van der Waals surface area contributed by atoms with Gasteiger partial charge in [-0.2, -0.15) is 0 Å². The van der Waals surface area contributed by atoms with Gasteiger partial charge >= 0.3 is 25.7 Å². The molecule has 0 radical (unpaired) electrons. The summed E-state index contributed by atoms with van der Waals surface area (Å²) in [6.45, 7) is 4.37. The molecule has 0 saturated carbocycles. The van der Waals surface area contributed by atoms with E-state index in [0.717, 1.165) is 109 Å². The summed E-state index contributed by atoms with van der Waals surface area (Å²) in [6, 6.07) is 0. The number of hydrogen-bond acceptors (Lipinski definition) is 10. The van der Waals surface area contributed by atoms with Gasteiger partial charge in [0.05, 0.1) is 19.8 Å². The quantitative estimate of drug-likeness (QED) is 0.0197. The van der Waals surface area contributed by atoms with Crippen LogP contribution in [0.2, 0.25) is 0 Å². The third-order valence-electron chi connectivity index (χ3n) is 11.6. The van der Waals surface area contributed by atoms with Crippen LogP contribution in [0.3, 0.4) is 0 Å². The zero-order valence-electron chi connectivity index (χ0n) is 44.5. The number of aliphatic hydroxyl groups excluding tert-OH is 1. The molecule has 0 bridgehead atoms. The lowest BCUT2D eigenvalue weighted by molar-refractivity contribution is -0.161. The van der Waals surface area contributed by atoms with E-state index in [-0.39, 0.29) is 25.9 Å². The van der Waals surface area contributed by atoms with Crippen LogP contribution in [0.5, 0.6) is 0 Å². The molecule has 0 aliphatic heterocycles. The van der Waals surface area contributed by atoms with Crippen molar-refractivity contribution in [3.8, 4) is 0 Å². The van der Waals surface area contributed by atoms with Crippen LogP contribution in [0.4, 0.5) is 0 Å². The van der Waals surface area contributed by atoms with Gasteiger partial charge in [-0.15, -0.1) is 0 Å². The lowest BCUT2D eigenvalue weighted by Gasteiger charge is -2.21. The average molecular weight is 1010 g/mol. The van der Waals surface area contributed by atoms with Crippen LogP contribution in [0, 0.1) is 0 Å². The van der Waals surface area contributed by atoms with E-state index in [1.165, 1.54) is 70.6 Å². The molecule has 70 heavy (non-hydrogen) atoms. The van der Waals surface area contributed by atoms with Crippen molar-refractivity contribution in [1.29, 1.82) is 0 Å². The predicted molar refractivity (Wildman–Crippen MR) is 288 cm³/mol. The highest BCUT2D eigenvalue weighted by atomic mass is 31.2. The fraction of sp³-hybridized carbons (Fsp3) is 0.741. The predicted octanol–water partition coefficient (Wildman–Crippen LogP) is 16.1. The van der Waals surface area contributed by atoms with Crippen molar-refractivity contribution in [1.82, 2.24) is 0 Å². The van der Waals surface area contributed by atoms with Crippen LogP contribution in [-0.4, -0.2) is 66.5 Å². The molecule has 12 heteroatoms. The smallest absolute Gasteiger partial charge is 0.462 e. The summed E-state index contributed by atoms with van der Waals surface area (Å²) in [5.74, 6) is -1.51. The average Bonchev–Trinajstić information content (AvgIpc) is 3.35. The Bertz CT molecular complexity index is 1450. The highest BCUT2D eigenvalue weighted by molar-refractivity contribution is 7.47. The normalized spacial score (nSPS) is 14.0. The topological polar surface area (TPSA) is 155 Å². The number of phosphoric acid groups is 1. The molecule has 2 N–H and O–H groups in total. The van der Waals surface area contributed by atoms with Gasteiger partial charge in [-0.3, -0.25) is 23.4 Å². The maximum absolute atomic E-state index is 12.9. The molecule has 0 aromatic carbocycles. The van der Waals surface area contributed by atoms with Gasteiger partial charge in [0.25, 0.3) is 0 Å². The first-order valence-corrected chi connectivity index (χ1v) is 29.3. The molecule has 11 nitrogen and oxygen atoms in total. The number of hydrogen-bond donors (Lipinski definition) is 2. The maximum Gasteiger partial charge on any atom is 0.472 e. The molecule has 0 aromatic rings. The summed E-state index contributed by atoms with van der Waals surface area (Å²) in [7, 11) is -4.76. The van der Waals surface area contributed by atoms with E-state index in [2.05, 4.69) is 93.7 Å². The molecule has 0 rings (SSSR count). The van der Waals surface area contributed by atoms with Crippen LogP contribution in [-0.2, 0) is 42.2 Å². The second-order valence-electron chi connectivity index (χ2n) is 18.3. The lowest BCUT2D eigenvalue weighted by Crippen LogP contribution is -2.30. The monoisotopic (exact) mass is 1000 g/mol. The van der Waals surface area contributed by atoms with Crippen molar-refractivity contribution in [2.75, 3.05) is 26.4 Å². The molecule has 0 aromatic heterocycles. The van der Waals surface area contributed by atoms with E-state index in [0.29, 0.717) is 19.3 Å². The Morgan fingerprint density at radius 1 is 0.414 bits per heavy atom. The van der Waals surface area contributed by atoms with Crippen LogP contribution in [0.15, 0.2) is 72.9 Å². The van der Waals surface area contributed by atoms with E-state index >= 15 is 0 Å². The summed E-state index contributed by atoms with van der Waals surface area (Å²) in [6.07, 6.45) is 57.2. The molecule has 3 unspecified atom stereocenters. The molecule has 0 fully saturated rings. The minimum Gasteiger partial charge on any atom is -0.462 e. The first-order chi connectivity index (χ1) is 34.2. The standard InChI is InChI=1S/C58H101O11P/c1-4-7-10-13-16-19-22-25-27-30-32-35-38-41-44-47-56(60)65-51-55(69-58(62)49-46-43-40-37-34-31-28-26-23-20-17-14-11-8-5-2)53-67-70(63,64)66-52-54(50-59)68-57(61)48-45-42-39-36-33-29-24-21-18-15-12-9-6-3/h7,9-10,12,16,18-19,21,25,27,29,33,54-55,59H,4-6,8,11,13-15,17,20,22-24,26,28,30-32,34-53H2,1-3H3,(H,63,64)/b10-7-,12-9-,19-16-,21-18-,27-25-,33-29-. The largest absolute Gasteiger partial charge is 0.472 e. The number of rotatable bonds is 51. The van der Waals surface area contributed by atoms with Crippen LogP contribution >= 0.6 is 7.82 Å². The van der Waals surface area contributed by atoms with Crippen molar-refractivity contribution in [3.05, 3.63) is 72.9 Å². The Morgan fingerprint density at radius 3 is 1.16 bits per heavy atom. The number of allylic oxidation sites excluding steroid dienone is 12. The third-order valence-corrected chi connectivity index (χ3v) is 12.6. The molecule has 0 saturated heterocycles. The van der Waals surface area contributed by atoms with Crippen molar-refractivity contribution >= 4 is 25.7 Å². The van der Waals surface area contributed by atoms with Crippen molar-refractivity contribution in [3.63, 3.8) is 0 Å². The molecule has 0 aliphatic rings. The van der Waals surface area contributed by atoms with E-state index < -0.39 is 57.8 Å². The Morgan fingerprint density at radius 2 is 0.743 bits per heavy atom. The molecular weight excluding hydrogens is 904 g/mol. The molecule has 0 heterocycles. The zero-order chi connectivity index (χ0) is 51.3. The SMILES string of the molecule is CC/C=C\C/C=C\C/C=C\CCCCCCCC(=O)OCC(COP(=O)(O)OCC(CO)OC(=O)CCCCC/C=C\C/C=C\C/C=C\CC)OC(=O)CCCCCCCCCCCCCCCCC. The molecule has 0 amide bonds. The van der Waals surface area contributed by atoms with Crippen LogP contribution in [0.1, 0.15) is 239 Å². The number of carbonyl (C=O) groups is 3. The first-order valence-electron chi connectivity index (χ1n) is 27.8. The van der Waals surface area contributed by atoms with Crippen LogP contribution < -0.4 is 0 Å². The second kappa shape index (κ2) is 52.2. The summed E-state index contributed by atoms with van der Waals surface area (Å²) < 4.78 is 39.4. The summed E-state index contributed by atoms with van der Waals surface area (Å²) in [5.41, 5.74) is 0. The summed E-state index contributed by atoms with van der Waals surface area (Å²) >= 11 is 0. The van der Waals surface area contributed by atoms with Gasteiger partial charge < -0.3 is 24.2 Å². The zero-order valence-corrected chi connectivity index (χ0v) is 45.4.